The number of carbonyl (C=O) groups excluding carboxylic acids is 2. The Balaban J connectivity index is 1.47. The lowest BCUT2D eigenvalue weighted by atomic mass is 10.2. The highest BCUT2D eigenvalue weighted by Gasteiger charge is 2.22. The van der Waals surface area contributed by atoms with Crippen LogP contribution in [0, 0.1) is 5.82 Å². The average Bonchev–Trinajstić information content (AvgIpc) is 3.39. The van der Waals surface area contributed by atoms with Crippen LogP contribution in [0.3, 0.4) is 0 Å². The number of hydrogen-bond donors (Lipinski definition) is 1. The zero-order valence-corrected chi connectivity index (χ0v) is 19.3. The van der Waals surface area contributed by atoms with Crippen molar-refractivity contribution in [3.8, 4) is 17.2 Å². The highest BCUT2D eigenvalue weighted by atomic mass is 19.1. The normalized spacial score (nSPS) is 12.7. The van der Waals surface area contributed by atoms with E-state index in [4.69, 9.17) is 14.2 Å². The number of anilines is 1. The number of ether oxygens (including phenoxy) is 3. The van der Waals surface area contributed by atoms with Crippen molar-refractivity contribution in [3.05, 3.63) is 72.3 Å². The molecular weight excluding hydrogens is 453 g/mol. The Hall–Kier alpha value is -4.27. The van der Waals surface area contributed by atoms with Gasteiger partial charge in [0.25, 0.3) is 0 Å². The lowest BCUT2D eigenvalue weighted by Gasteiger charge is -2.19. The van der Waals surface area contributed by atoms with E-state index in [9.17, 15) is 14.0 Å². The highest BCUT2D eigenvalue weighted by molar-refractivity contribution is 5.98. The summed E-state index contributed by atoms with van der Waals surface area (Å²) in [5.41, 5.74) is 2.89. The van der Waals surface area contributed by atoms with Crippen LogP contribution in [0.2, 0.25) is 0 Å². The SMILES string of the molecule is CC(C)OC(=O)c1cc2c(ccn2-c2ccc(F)cc2)n1CC(=O)Nc1ccc2c(c1)OCCO2. The van der Waals surface area contributed by atoms with Gasteiger partial charge < -0.3 is 28.7 Å². The molecule has 4 aromatic rings. The van der Waals surface area contributed by atoms with Gasteiger partial charge in [-0.05, 0) is 62.4 Å². The Morgan fingerprint density at radius 3 is 2.49 bits per heavy atom. The Morgan fingerprint density at radius 1 is 1.00 bits per heavy atom. The topological polar surface area (TPSA) is 83.7 Å². The largest absolute Gasteiger partial charge is 0.486 e. The molecule has 5 rings (SSSR count). The van der Waals surface area contributed by atoms with Crippen LogP contribution >= 0.6 is 0 Å². The van der Waals surface area contributed by atoms with E-state index in [-0.39, 0.29) is 30.1 Å². The van der Waals surface area contributed by atoms with Gasteiger partial charge in [-0.25, -0.2) is 9.18 Å². The van der Waals surface area contributed by atoms with Crippen LogP contribution < -0.4 is 14.8 Å². The number of aromatic nitrogens is 2. The van der Waals surface area contributed by atoms with E-state index in [2.05, 4.69) is 5.32 Å². The Labute approximate surface area is 200 Å². The molecule has 2 aromatic heterocycles. The third-order valence-corrected chi connectivity index (χ3v) is 5.54. The Morgan fingerprint density at radius 2 is 1.74 bits per heavy atom. The minimum Gasteiger partial charge on any atom is -0.486 e. The van der Waals surface area contributed by atoms with Crippen molar-refractivity contribution in [2.75, 3.05) is 18.5 Å². The van der Waals surface area contributed by atoms with E-state index < -0.39 is 5.97 Å². The molecule has 180 valence electrons. The van der Waals surface area contributed by atoms with Gasteiger partial charge in [0.05, 0.1) is 17.1 Å². The number of halogens is 1. The van der Waals surface area contributed by atoms with E-state index in [0.717, 1.165) is 5.69 Å². The Kier molecular flexibility index (Phi) is 5.90. The van der Waals surface area contributed by atoms with Crippen LogP contribution in [-0.2, 0) is 16.1 Å². The zero-order chi connectivity index (χ0) is 24.5. The second-order valence-corrected chi connectivity index (χ2v) is 8.41. The average molecular weight is 477 g/mol. The van der Waals surface area contributed by atoms with Crippen molar-refractivity contribution >= 4 is 28.6 Å². The number of amides is 1. The molecule has 1 N–H and O–H groups in total. The van der Waals surface area contributed by atoms with Crippen LogP contribution in [0.15, 0.2) is 60.8 Å². The second-order valence-electron chi connectivity index (χ2n) is 8.41. The molecular formula is C26H24FN3O5. The predicted molar refractivity (Wildman–Crippen MR) is 128 cm³/mol. The third-order valence-electron chi connectivity index (χ3n) is 5.54. The first-order valence-corrected chi connectivity index (χ1v) is 11.3. The maximum atomic E-state index is 13.4. The molecule has 0 saturated carbocycles. The fourth-order valence-corrected chi connectivity index (χ4v) is 4.05. The summed E-state index contributed by atoms with van der Waals surface area (Å²) < 4.78 is 33.4. The maximum absolute atomic E-state index is 13.4. The molecule has 0 bridgehead atoms. The monoisotopic (exact) mass is 477 g/mol. The summed E-state index contributed by atoms with van der Waals surface area (Å²) in [4.78, 5) is 25.9. The molecule has 3 heterocycles. The third kappa shape index (κ3) is 4.57. The van der Waals surface area contributed by atoms with Crippen molar-refractivity contribution in [1.29, 1.82) is 0 Å². The minimum absolute atomic E-state index is 0.117. The first-order valence-electron chi connectivity index (χ1n) is 11.3. The molecule has 0 unspecified atom stereocenters. The summed E-state index contributed by atoms with van der Waals surface area (Å²) in [6.07, 6.45) is 1.49. The van der Waals surface area contributed by atoms with Gasteiger partial charge in [0.2, 0.25) is 5.91 Å². The van der Waals surface area contributed by atoms with Crippen molar-refractivity contribution in [3.63, 3.8) is 0 Å². The standard InChI is InChI=1S/C26H24FN3O5/c1-16(2)35-26(32)22-14-21-20(9-10-29(21)19-6-3-17(27)4-7-19)30(22)15-25(31)28-18-5-8-23-24(13-18)34-12-11-33-23/h3-10,13-14,16H,11-12,15H2,1-2H3,(H,28,31). The Bertz CT molecular complexity index is 1400. The van der Waals surface area contributed by atoms with E-state index >= 15 is 0 Å². The summed E-state index contributed by atoms with van der Waals surface area (Å²) in [7, 11) is 0. The fourth-order valence-electron chi connectivity index (χ4n) is 4.05. The predicted octanol–water partition coefficient (Wildman–Crippen LogP) is 4.55. The molecule has 0 saturated heterocycles. The summed E-state index contributed by atoms with van der Waals surface area (Å²) in [5.74, 6) is -0.00906. The number of nitrogens with one attached hydrogen (secondary N) is 1. The molecule has 1 aliphatic heterocycles. The molecule has 0 fully saturated rings. The van der Waals surface area contributed by atoms with Crippen LogP contribution in [0.25, 0.3) is 16.7 Å². The van der Waals surface area contributed by atoms with Gasteiger partial charge in [-0.2, -0.15) is 0 Å². The fraction of sp³-hybridized carbons (Fsp3) is 0.231. The van der Waals surface area contributed by atoms with Gasteiger partial charge in [-0.3, -0.25) is 4.79 Å². The maximum Gasteiger partial charge on any atom is 0.355 e. The highest BCUT2D eigenvalue weighted by Crippen LogP contribution is 2.33. The van der Waals surface area contributed by atoms with Gasteiger partial charge >= 0.3 is 5.97 Å². The van der Waals surface area contributed by atoms with Gasteiger partial charge in [0.1, 0.15) is 31.3 Å². The van der Waals surface area contributed by atoms with Crippen molar-refractivity contribution in [2.24, 2.45) is 0 Å². The quantitative estimate of drug-likeness (QED) is 0.412. The molecule has 8 nitrogen and oxygen atoms in total. The van der Waals surface area contributed by atoms with Gasteiger partial charge in [0.15, 0.2) is 11.5 Å². The lowest BCUT2D eigenvalue weighted by molar-refractivity contribution is -0.116. The van der Waals surface area contributed by atoms with E-state index in [1.54, 1.807) is 54.8 Å². The van der Waals surface area contributed by atoms with Crippen LogP contribution in [0.5, 0.6) is 11.5 Å². The van der Waals surface area contributed by atoms with Crippen LogP contribution in [0.1, 0.15) is 24.3 Å². The molecule has 9 heteroatoms. The summed E-state index contributed by atoms with van der Waals surface area (Å²) >= 11 is 0. The first kappa shape index (κ1) is 22.5. The molecule has 1 aliphatic rings. The number of rotatable bonds is 6. The van der Waals surface area contributed by atoms with Crippen LogP contribution in [-0.4, -0.2) is 40.3 Å². The van der Waals surface area contributed by atoms with Crippen molar-refractivity contribution in [2.45, 2.75) is 26.5 Å². The first-order chi connectivity index (χ1) is 16.9. The molecule has 0 spiro atoms. The van der Waals surface area contributed by atoms with Crippen molar-refractivity contribution in [1.82, 2.24) is 9.13 Å². The number of hydrogen-bond acceptors (Lipinski definition) is 5. The van der Waals surface area contributed by atoms with Gasteiger partial charge in [0, 0.05) is 23.6 Å². The van der Waals surface area contributed by atoms with Gasteiger partial charge in [-0.15, -0.1) is 0 Å². The zero-order valence-electron chi connectivity index (χ0n) is 19.3. The molecule has 35 heavy (non-hydrogen) atoms. The smallest absolute Gasteiger partial charge is 0.355 e. The number of nitrogens with zero attached hydrogens (tertiary/aromatic N) is 2. The number of benzene rings is 2. The number of carbonyl (C=O) groups is 2. The van der Waals surface area contributed by atoms with Gasteiger partial charge in [-0.1, -0.05) is 0 Å². The molecule has 0 atom stereocenters. The van der Waals surface area contributed by atoms with E-state index in [1.807, 2.05) is 16.8 Å². The molecule has 0 aliphatic carbocycles. The summed E-state index contributed by atoms with van der Waals surface area (Å²) in [6.45, 7) is 4.33. The van der Waals surface area contributed by atoms with Crippen molar-refractivity contribution < 1.29 is 28.2 Å². The number of fused-ring (bicyclic) bond motifs is 2. The minimum atomic E-state index is -0.533. The second kappa shape index (κ2) is 9.17. The van der Waals surface area contributed by atoms with E-state index in [1.165, 1.54) is 12.1 Å². The van der Waals surface area contributed by atoms with Crippen LogP contribution in [0.4, 0.5) is 10.1 Å². The molecule has 1 amide bonds. The summed E-state index contributed by atoms with van der Waals surface area (Å²) in [5, 5.41) is 2.85. The summed E-state index contributed by atoms with van der Waals surface area (Å²) in [6, 6.07) is 14.7. The van der Waals surface area contributed by atoms with E-state index in [0.29, 0.717) is 41.4 Å². The lowest BCUT2D eigenvalue weighted by Crippen LogP contribution is -2.23. The molecule has 2 aromatic carbocycles. The number of esters is 1. The molecule has 0 radical (unpaired) electrons.